The molecule has 0 aliphatic rings. The van der Waals surface area contributed by atoms with Crippen molar-refractivity contribution >= 4 is 11.6 Å². The van der Waals surface area contributed by atoms with Gasteiger partial charge in [-0.05, 0) is 29.8 Å². The Kier molecular flexibility index (Phi) is 3.48. The van der Waals surface area contributed by atoms with E-state index in [4.69, 9.17) is 16.2 Å². The Balaban J connectivity index is 2.19. The summed E-state index contributed by atoms with van der Waals surface area (Å²) in [6, 6.07) is 14.5. The second kappa shape index (κ2) is 5.23. The zero-order valence-electron chi connectivity index (χ0n) is 9.80. The summed E-state index contributed by atoms with van der Waals surface area (Å²) < 4.78 is 5.65. The molecule has 0 saturated heterocycles. The molecule has 0 heterocycles. The van der Waals surface area contributed by atoms with Gasteiger partial charge in [-0.2, -0.15) is 0 Å². The first-order valence-electron chi connectivity index (χ1n) is 5.55. The third-order valence-electron chi connectivity index (χ3n) is 2.42. The monoisotopic (exact) mass is 242 g/mol. The van der Waals surface area contributed by atoms with Crippen molar-refractivity contribution in [2.45, 2.75) is 6.42 Å². The molecular weight excluding hydrogens is 228 g/mol. The summed E-state index contributed by atoms with van der Waals surface area (Å²) in [6.07, 6.45) is 0.196. The SMILES string of the molecule is NC(=O)Cc1cccc(Oc2ccccc2N)c1. The van der Waals surface area contributed by atoms with E-state index in [1.807, 2.05) is 24.3 Å². The van der Waals surface area contributed by atoms with Gasteiger partial charge in [0.2, 0.25) is 5.91 Å². The van der Waals surface area contributed by atoms with Gasteiger partial charge >= 0.3 is 0 Å². The number of carbonyl (C=O) groups is 1. The third kappa shape index (κ3) is 3.01. The molecule has 4 N–H and O–H groups in total. The summed E-state index contributed by atoms with van der Waals surface area (Å²) in [6.45, 7) is 0. The van der Waals surface area contributed by atoms with Crippen molar-refractivity contribution in [2.24, 2.45) is 5.73 Å². The van der Waals surface area contributed by atoms with Gasteiger partial charge in [-0.15, -0.1) is 0 Å². The molecule has 0 fully saturated rings. The van der Waals surface area contributed by atoms with E-state index in [0.717, 1.165) is 5.56 Å². The number of nitrogens with two attached hydrogens (primary N) is 2. The average Bonchev–Trinajstić information content (AvgIpc) is 2.32. The molecule has 0 saturated carbocycles. The highest BCUT2D eigenvalue weighted by molar-refractivity contribution is 5.76. The van der Waals surface area contributed by atoms with E-state index < -0.39 is 0 Å². The van der Waals surface area contributed by atoms with E-state index in [0.29, 0.717) is 17.2 Å². The fourth-order valence-corrected chi connectivity index (χ4v) is 1.62. The van der Waals surface area contributed by atoms with Gasteiger partial charge in [-0.1, -0.05) is 24.3 Å². The molecule has 0 aliphatic carbocycles. The number of nitrogen functional groups attached to an aromatic ring is 1. The second-order valence-electron chi connectivity index (χ2n) is 3.93. The average molecular weight is 242 g/mol. The van der Waals surface area contributed by atoms with E-state index >= 15 is 0 Å². The van der Waals surface area contributed by atoms with Crippen LogP contribution in [-0.2, 0) is 11.2 Å². The van der Waals surface area contributed by atoms with Gasteiger partial charge in [0.1, 0.15) is 11.5 Å². The van der Waals surface area contributed by atoms with Crippen molar-refractivity contribution in [3.63, 3.8) is 0 Å². The second-order valence-corrected chi connectivity index (χ2v) is 3.93. The van der Waals surface area contributed by atoms with Gasteiger partial charge in [0, 0.05) is 0 Å². The summed E-state index contributed by atoms with van der Waals surface area (Å²) in [7, 11) is 0. The van der Waals surface area contributed by atoms with E-state index in [2.05, 4.69) is 0 Å². The van der Waals surface area contributed by atoms with Gasteiger partial charge in [-0.3, -0.25) is 4.79 Å². The van der Waals surface area contributed by atoms with Gasteiger partial charge in [0.25, 0.3) is 0 Å². The first-order valence-corrected chi connectivity index (χ1v) is 5.55. The molecule has 0 spiro atoms. The van der Waals surface area contributed by atoms with Crippen LogP contribution in [0.15, 0.2) is 48.5 Å². The Hall–Kier alpha value is -2.49. The van der Waals surface area contributed by atoms with Crippen molar-refractivity contribution in [2.75, 3.05) is 5.73 Å². The fraction of sp³-hybridized carbons (Fsp3) is 0.0714. The summed E-state index contributed by atoms with van der Waals surface area (Å²) in [4.78, 5) is 10.9. The number of hydrogen-bond donors (Lipinski definition) is 2. The van der Waals surface area contributed by atoms with Crippen molar-refractivity contribution in [1.29, 1.82) is 0 Å². The molecular formula is C14H14N2O2. The predicted octanol–water partition coefficient (Wildman–Crippen LogP) is 2.09. The van der Waals surface area contributed by atoms with Crippen LogP contribution in [-0.4, -0.2) is 5.91 Å². The maximum absolute atomic E-state index is 10.9. The Bertz CT molecular complexity index is 567. The van der Waals surface area contributed by atoms with Gasteiger partial charge in [0.15, 0.2) is 0 Å². The Morgan fingerprint density at radius 2 is 1.89 bits per heavy atom. The van der Waals surface area contributed by atoms with E-state index in [1.54, 1.807) is 24.3 Å². The fourth-order valence-electron chi connectivity index (χ4n) is 1.62. The summed E-state index contributed by atoms with van der Waals surface area (Å²) in [5.41, 5.74) is 12.3. The number of anilines is 1. The van der Waals surface area contributed by atoms with Crippen molar-refractivity contribution in [3.05, 3.63) is 54.1 Å². The van der Waals surface area contributed by atoms with Gasteiger partial charge in [0.05, 0.1) is 12.1 Å². The van der Waals surface area contributed by atoms with Gasteiger partial charge < -0.3 is 16.2 Å². The lowest BCUT2D eigenvalue weighted by atomic mass is 10.1. The zero-order valence-corrected chi connectivity index (χ0v) is 9.80. The molecule has 0 unspecified atom stereocenters. The largest absolute Gasteiger partial charge is 0.455 e. The molecule has 4 nitrogen and oxygen atoms in total. The number of rotatable bonds is 4. The molecule has 92 valence electrons. The minimum absolute atomic E-state index is 0.196. The van der Waals surface area contributed by atoms with Crippen LogP contribution in [0.2, 0.25) is 0 Å². The lowest BCUT2D eigenvalue weighted by Crippen LogP contribution is -2.13. The lowest BCUT2D eigenvalue weighted by Gasteiger charge is -2.09. The molecule has 0 aliphatic heterocycles. The Morgan fingerprint density at radius 3 is 2.61 bits per heavy atom. The van der Waals surface area contributed by atoms with Crippen molar-refractivity contribution in [1.82, 2.24) is 0 Å². The minimum atomic E-state index is -0.369. The molecule has 0 bridgehead atoms. The van der Waals surface area contributed by atoms with Gasteiger partial charge in [-0.25, -0.2) is 0 Å². The highest BCUT2D eigenvalue weighted by Crippen LogP contribution is 2.27. The van der Waals surface area contributed by atoms with Crippen LogP contribution in [0.5, 0.6) is 11.5 Å². The summed E-state index contributed by atoms with van der Waals surface area (Å²) in [5, 5.41) is 0. The zero-order chi connectivity index (χ0) is 13.0. The van der Waals surface area contributed by atoms with Crippen molar-refractivity contribution < 1.29 is 9.53 Å². The number of amides is 1. The summed E-state index contributed by atoms with van der Waals surface area (Å²) in [5.74, 6) is 0.853. The number of ether oxygens (including phenoxy) is 1. The minimum Gasteiger partial charge on any atom is -0.455 e. The van der Waals surface area contributed by atoms with Crippen LogP contribution in [0.3, 0.4) is 0 Å². The van der Waals surface area contributed by atoms with E-state index in [-0.39, 0.29) is 12.3 Å². The molecule has 2 aromatic carbocycles. The summed E-state index contributed by atoms with van der Waals surface area (Å²) >= 11 is 0. The smallest absolute Gasteiger partial charge is 0.221 e. The Morgan fingerprint density at radius 1 is 1.11 bits per heavy atom. The first-order chi connectivity index (χ1) is 8.65. The number of benzene rings is 2. The standard InChI is InChI=1S/C14H14N2O2/c15-12-6-1-2-7-13(12)18-11-5-3-4-10(8-11)9-14(16)17/h1-8H,9,15H2,(H2,16,17). The number of carbonyl (C=O) groups excluding carboxylic acids is 1. The highest BCUT2D eigenvalue weighted by Gasteiger charge is 2.03. The molecule has 2 rings (SSSR count). The topological polar surface area (TPSA) is 78.3 Å². The molecule has 1 amide bonds. The normalized spacial score (nSPS) is 10.0. The van der Waals surface area contributed by atoms with Crippen LogP contribution >= 0.6 is 0 Å². The molecule has 2 aromatic rings. The van der Waals surface area contributed by atoms with Crippen LogP contribution < -0.4 is 16.2 Å². The van der Waals surface area contributed by atoms with E-state index in [1.165, 1.54) is 0 Å². The maximum atomic E-state index is 10.9. The van der Waals surface area contributed by atoms with Crippen molar-refractivity contribution in [3.8, 4) is 11.5 Å². The number of hydrogen-bond acceptors (Lipinski definition) is 3. The number of primary amides is 1. The van der Waals surface area contributed by atoms with Crippen LogP contribution in [0.25, 0.3) is 0 Å². The molecule has 0 atom stereocenters. The highest BCUT2D eigenvalue weighted by atomic mass is 16.5. The molecule has 4 heteroatoms. The predicted molar refractivity (Wildman–Crippen MR) is 70.3 cm³/mol. The maximum Gasteiger partial charge on any atom is 0.221 e. The lowest BCUT2D eigenvalue weighted by molar-refractivity contribution is -0.117. The molecule has 0 radical (unpaired) electrons. The van der Waals surface area contributed by atoms with Crippen LogP contribution in [0.1, 0.15) is 5.56 Å². The Labute approximate surface area is 105 Å². The third-order valence-corrected chi connectivity index (χ3v) is 2.42. The molecule has 18 heavy (non-hydrogen) atoms. The van der Waals surface area contributed by atoms with Crippen LogP contribution in [0.4, 0.5) is 5.69 Å². The first kappa shape index (κ1) is 12.0. The quantitative estimate of drug-likeness (QED) is 0.806. The number of para-hydroxylation sites is 2. The molecule has 0 aromatic heterocycles. The van der Waals surface area contributed by atoms with Crippen LogP contribution in [0, 0.1) is 0 Å². The van der Waals surface area contributed by atoms with E-state index in [9.17, 15) is 4.79 Å².